The van der Waals surface area contributed by atoms with Gasteiger partial charge in [-0.25, -0.2) is 10.9 Å². The Morgan fingerprint density at radius 1 is 0.903 bits per heavy atom. The molecule has 2 aromatic rings. The molecule has 11 nitrogen and oxygen atoms in total. The molecule has 0 aliphatic heterocycles. The number of hydrazone groups is 2. The van der Waals surface area contributed by atoms with Crippen LogP contribution in [0, 0.1) is 0 Å². The number of carbonyl (C=O) groups is 2. The SMILES string of the molecule is COc1cc(/C=N/NC(=O)COCC(=O)N/N=C\c2ccc(O)cc2OC)ccc1O. The minimum Gasteiger partial charge on any atom is -0.508 e. The summed E-state index contributed by atoms with van der Waals surface area (Å²) in [5.41, 5.74) is 5.63. The molecule has 11 heteroatoms. The van der Waals surface area contributed by atoms with Crippen molar-refractivity contribution < 1.29 is 34.0 Å². The quantitative estimate of drug-likeness (QED) is 0.320. The molecule has 4 N–H and O–H groups in total. The second-order valence-corrected chi connectivity index (χ2v) is 5.94. The molecule has 0 atom stereocenters. The Labute approximate surface area is 177 Å². The number of nitrogens with zero attached hydrogens (tertiary/aromatic N) is 2. The number of methoxy groups -OCH3 is 2. The fraction of sp³-hybridized carbons (Fsp3) is 0.200. The Morgan fingerprint density at radius 3 is 2.19 bits per heavy atom. The smallest absolute Gasteiger partial charge is 0.266 e. The van der Waals surface area contributed by atoms with Gasteiger partial charge in [-0.05, 0) is 35.9 Å². The number of aromatic hydroxyl groups is 2. The molecule has 2 amide bonds. The van der Waals surface area contributed by atoms with Gasteiger partial charge in [-0.1, -0.05) is 0 Å². The summed E-state index contributed by atoms with van der Waals surface area (Å²) in [5.74, 6) is -0.444. The lowest BCUT2D eigenvalue weighted by Gasteiger charge is -2.05. The third kappa shape index (κ3) is 7.66. The zero-order valence-electron chi connectivity index (χ0n) is 16.9. The molecular formula is C20H22N4O7. The summed E-state index contributed by atoms with van der Waals surface area (Å²) in [6, 6.07) is 8.99. The van der Waals surface area contributed by atoms with Gasteiger partial charge in [0.25, 0.3) is 11.8 Å². The molecule has 0 saturated heterocycles. The summed E-state index contributed by atoms with van der Waals surface area (Å²) < 4.78 is 15.1. The van der Waals surface area contributed by atoms with E-state index in [1.54, 1.807) is 18.2 Å². The highest BCUT2D eigenvalue weighted by atomic mass is 16.5. The van der Waals surface area contributed by atoms with Crippen molar-refractivity contribution in [3.05, 3.63) is 47.5 Å². The molecule has 0 bridgehead atoms. The molecule has 0 radical (unpaired) electrons. The maximum absolute atomic E-state index is 11.7. The molecule has 0 spiro atoms. The normalized spacial score (nSPS) is 10.9. The standard InChI is InChI=1S/C20H22N4O7/c1-29-17-8-15(25)5-4-14(17)10-22-24-20(28)12-31-11-19(27)23-21-9-13-3-6-16(26)18(7-13)30-2/h3-10,25-26H,11-12H2,1-2H3,(H,23,27)(H,24,28)/b21-9+,22-10-. The van der Waals surface area contributed by atoms with Crippen LogP contribution in [-0.4, -0.2) is 61.9 Å². The number of amides is 2. The minimum absolute atomic E-state index is 0.0121. The Morgan fingerprint density at radius 2 is 1.55 bits per heavy atom. The van der Waals surface area contributed by atoms with Crippen molar-refractivity contribution in [1.82, 2.24) is 10.9 Å². The number of hydrogen-bond acceptors (Lipinski definition) is 9. The fourth-order valence-corrected chi connectivity index (χ4v) is 2.23. The zero-order chi connectivity index (χ0) is 22.6. The van der Waals surface area contributed by atoms with Gasteiger partial charge in [0.05, 0.1) is 26.6 Å². The molecular weight excluding hydrogens is 408 g/mol. The van der Waals surface area contributed by atoms with Crippen molar-refractivity contribution in [2.75, 3.05) is 27.4 Å². The van der Waals surface area contributed by atoms with E-state index in [1.807, 2.05) is 0 Å². The molecule has 0 aliphatic rings. The number of carbonyl (C=O) groups excluding carboxylic acids is 2. The first-order valence-corrected chi connectivity index (χ1v) is 8.88. The van der Waals surface area contributed by atoms with Crippen LogP contribution in [-0.2, 0) is 14.3 Å². The largest absolute Gasteiger partial charge is 0.508 e. The molecule has 0 fully saturated rings. The summed E-state index contributed by atoms with van der Waals surface area (Å²) >= 11 is 0. The van der Waals surface area contributed by atoms with E-state index >= 15 is 0 Å². The summed E-state index contributed by atoms with van der Waals surface area (Å²) in [6.45, 7) is -0.782. The van der Waals surface area contributed by atoms with Crippen LogP contribution in [0.5, 0.6) is 23.0 Å². The average molecular weight is 430 g/mol. The summed E-state index contributed by atoms with van der Waals surface area (Å²) in [4.78, 5) is 23.4. The van der Waals surface area contributed by atoms with Crippen molar-refractivity contribution >= 4 is 24.2 Å². The predicted molar refractivity (Wildman–Crippen MR) is 112 cm³/mol. The fourth-order valence-electron chi connectivity index (χ4n) is 2.23. The predicted octanol–water partition coefficient (Wildman–Crippen LogP) is 0.732. The number of rotatable bonds is 10. The van der Waals surface area contributed by atoms with E-state index in [1.165, 1.54) is 44.8 Å². The molecule has 0 saturated carbocycles. The van der Waals surface area contributed by atoms with Crippen molar-refractivity contribution in [2.24, 2.45) is 10.2 Å². The summed E-state index contributed by atoms with van der Waals surface area (Å²) in [7, 11) is 2.86. The first-order chi connectivity index (χ1) is 14.9. The van der Waals surface area contributed by atoms with E-state index in [0.29, 0.717) is 16.9 Å². The van der Waals surface area contributed by atoms with E-state index < -0.39 is 18.4 Å². The van der Waals surface area contributed by atoms with Gasteiger partial charge < -0.3 is 24.4 Å². The van der Waals surface area contributed by atoms with Crippen LogP contribution in [0.1, 0.15) is 11.1 Å². The summed E-state index contributed by atoms with van der Waals surface area (Å²) in [6.07, 6.45) is 2.70. The Bertz CT molecular complexity index is 976. The van der Waals surface area contributed by atoms with Crippen LogP contribution in [0.3, 0.4) is 0 Å². The van der Waals surface area contributed by atoms with Crippen LogP contribution in [0.4, 0.5) is 0 Å². The number of phenols is 2. The highest BCUT2D eigenvalue weighted by Crippen LogP contribution is 2.25. The number of hydrogen-bond donors (Lipinski definition) is 4. The van der Waals surface area contributed by atoms with Gasteiger partial charge >= 0.3 is 0 Å². The lowest BCUT2D eigenvalue weighted by atomic mass is 10.2. The van der Waals surface area contributed by atoms with Crippen molar-refractivity contribution in [3.63, 3.8) is 0 Å². The molecule has 2 aromatic carbocycles. The van der Waals surface area contributed by atoms with Crippen LogP contribution in [0.15, 0.2) is 46.6 Å². The van der Waals surface area contributed by atoms with E-state index in [4.69, 9.17) is 14.2 Å². The minimum atomic E-state index is -0.568. The number of phenolic OH excluding ortho intramolecular Hbond substituents is 2. The molecule has 31 heavy (non-hydrogen) atoms. The van der Waals surface area contributed by atoms with E-state index in [-0.39, 0.29) is 23.9 Å². The molecule has 0 aliphatic carbocycles. The van der Waals surface area contributed by atoms with Gasteiger partial charge in [0.1, 0.15) is 24.7 Å². The van der Waals surface area contributed by atoms with Crippen LogP contribution in [0.25, 0.3) is 0 Å². The Hall–Kier alpha value is -4.12. The lowest BCUT2D eigenvalue weighted by molar-refractivity contribution is -0.130. The first kappa shape index (κ1) is 23.2. The Balaban J connectivity index is 1.70. The third-order valence-electron chi connectivity index (χ3n) is 3.68. The zero-order valence-corrected chi connectivity index (χ0v) is 16.9. The van der Waals surface area contributed by atoms with Gasteiger partial charge in [-0.2, -0.15) is 10.2 Å². The second-order valence-electron chi connectivity index (χ2n) is 5.94. The molecule has 2 rings (SSSR count). The van der Waals surface area contributed by atoms with Gasteiger partial charge in [0.2, 0.25) is 0 Å². The van der Waals surface area contributed by atoms with Crippen molar-refractivity contribution in [1.29, 1.82) is 0 Å². The van der Waals surface area contributed by atoms with E-state index in [2.05, 4.69) is 21.1 Å². The maximum Gasteiger partial charge on any atom is 0.266 e. The molecule has 0 aromatic heterocycles. The maximum atomic E-state index is 11.7. The van der Waals surface area contributed by atoms with E-state index in [9.17, 15) is 19.8 Å². The lowest BCUT2D eigenvalue weighted by Crippen LogP contribution is -2.28. The topological polar surface area (TPSA) is 151 Å². The third-order valence-corrected chi connectivity index (χ3v) is 3.68. The number of benzene rings is 2. The van der Waals surface area contributed by atoms with Crippen LogP contribution >= 0.6 is 0 Å². The molecule has 0 heterocycles. The first-order valence-electron chi connectivity index (χ1n) is 8.88. The van der Waals surface area contributed by atoms with Gasteiger partial charge in [-0.15, -0.1) is 0 Å². The highest BCUT2D eigenvalue weighted by molar-refractivity contribution is 5.86. The number of nitrogens with one attached hydrogen (secondary N) is 2. The highest BCUT2D eigenvalue weighted by Gasteiger charge is 2.05. The van der Waals surface area contributed by atoms with E-state index in [0.717, 1.165) is 0 Å². The number of ether oxygens (including phenoxy) is 3. The average Bonchev–Trinajstić information content (AvgIpc) is 2.75. The van der Waals surface area contributed by atoms with Gasteiger partial charge in [0, 0.05) is 11.6 Å². The van der Waals surface area contributed by atoms with Crippen LogP contribution in [0.2, 0.25) is 0 Å². The summed E-state index contributed by atoms with van der Waals surface area (Å²) in [5, 5.41) is 26.4. The monoisotopic (exact) mass is 430 g/mol. The van der Waals surface area contributed by atoms with Gasteiger partial charge in [0.15, 0.2) is 11.5 Å². The Kier molecular flexibility index (Phi) is 8.80. The second kappa shape index (κ2) is 11.8. The van der Waals surface area contributed by atoms with Gasteiger partial charge in [-0.3, -0.25) is 9.59 Å². The van der Waals surface area contributed by atoms with Crippen molar-refractivity contribution in [3.8, 4) is 23.0 Å². The van der Waals surface area contributed by atoms with Crippen LogP contribution < -0.4 is 20.3 Å². The van der Waals surface area contributed by atoms with Crippen molar-refractivity contribution in [2.45, 2.75) is 0 Å². The molecule has 0 unspecified atom stereocenters. The molecule has 164 valence electrons.